The van der Waals surface area contributed by atoms with Gasteiger partial charge in [0.25, 0.3) is 0 Å². The number of piperidine rings is 1. The van der Waals surface area contributed by atoms with Crippen LogP contribution in [0.2, 0.25) is 0 Å². The smallest absolute Gasteiger partial charge is 0.192 e. The van der Waals surface area contributed by atoms with Crippen LogP contribution in [0.25, 0.3) is 0 Å². The number of aliphatic imine (C=N–C) groups is 1. The molecule has 0 aromatic rings. The quantitative estimate of drug-likeness (QED) is 0.563. The molecule has 0 aromatic heterocycles. The lowest BCUT2D eigenvalue weighted by molar-refractivity contribution is 0.187. The highest BCUT2D eigenvalue weighted by Crippen LogP contribution is 2.24. The highest BCUT2D eigenvalue weighted by Gasteiger charge is 2.26. The second kappa shape index (κ2) is 5.74. The molecule has 1 aliphatic carbocycles. The van der Waals surface area contributed by atoms with Gasteiger partial charge in [-0.1, -0.05) is 19.3 Å². The van der Waals surface area contributed by atoms with E-state index in [1.807, 2.05) is 0 Å². The summed E-state index contributed by atoms with van der Waals surface area (Å²) in [6, 6.07) is 1.61. The normalized spacial score (nSPS) is 32.8. The number of guanidine groups is 1. The Bertz CT molecular complexity index is 259. The molecule has 1 saturated heterocycles. The fourth-order valence-corrected chi connectivity index (χ4v) is 3.34. The molecule has 2 fully saturated rings. The molecular formula is C14H27N3. The molecule has 2 rings (SSSR count). The lowest BCUT2D eigenvalue weighted by Gasteiger charge is -2.40. The number of hydrogen-bond acceptors (Lipinski definition) is 1. The van der Waals surface area contributed by atoms with E-state index in [2.05, 4.69) is 18.7 Å². The Morgan fingerprint density at radius 3 is 2.12 bits per heavy atom. The minimum atomic E-state index is 0.491. The van der Waals surface area contributed by atoms with Crippen molar-refractivity contribution >= 4 is 5.96 Å². The lowest BCUT2D eigenvalue weighted by Crippen LogP contribution is -2.51. The van der Waals surface area contributed by atoms with Crippen LogP contribution < -0.4 is 5.73 Å². The van der Waals surface area contributed by atoms with E-state index in [0.29, 0.717) is 18.1 Å². The standard InChI is InChI=1S/C14H27N3/c1-11-7-6-8-12(2)17(11)14(15)16-13-9-4-3-5-10-13/h11-13H,3-10H2,1-2H3,(H2,15,16)/t11-,12+. The molecule has 17 heavy (non-hydrogen) atoms. The molecule has 98 valence electrons. The topological polar surface area (TPSA) is 41.6 Å². The number of hydrogen-bond donors (Lipinski definition) is 1. The maximum atomic E-state index is 6.24. The predicted octanol–water partition coefficient (Wildman–Crippen LogP) is 2.90. The first-order chi connectivity index (χ1) is 8.18. The summed E-state index contributed by atoms with van der Waals surface area (Å²) in [5, 5.41) is 0. The molecule has 1 aliphatic heterocycles. The zero-order valence-electron chi connectivity index (χ0n) is 11.4. The number of nitrogens with two attached hydrogens (primary N) is 1. The van der Waals surface area contributed by atoms with Crippen LogP contribution >= 0.6 is 0 Å². The Hall–Kier alpha value is -0.730. The first-order valence-electron chi connectivity index (χ1n) is 7.30. The van der Waals surface area contributed by atoms with Crippen LogP contribution in [0.1, 0.15) is 65.2 Å². The minimum absolute atomic E-state index is 0.491. The van der Waals surface area contributed by atoms with Crippen molar-refractivity contribution in [3.05, 3.63) is 0 Å². The third kappa shape index (κ3) is 3.14. The SMILES string of the molecule is C[C@@H]1CCC[C@H](C)N1C(N)=NC1CCCCC1. The van der Waals surface area contributed by atoms with Gasteiger partial charge in [0.15, 0.2) is 5.96 Å². The summed E-state index contributed by atoms with van der Waals surface area (Å²) >= 11 is 0. The average Bonchev–Trinajstić information content (AvgIpc) is 2.30. The molecule has 1 heterocycles. The Morgan fingerprint density at radius 2 is 1.53 bits per heavy atom. The third-order valence-electron chi connectivity index (χ3n) is 4.35. The van der Waals surface area contributed by atoms with Crippen LogP contribution in [-0.2, 0) is 0 Å². The van der Waals surface area contributed by atoms with Crippen molar-refractivity contribution in [1.82, 2.24) is 4.90 Å². The van der Waals surface area contributed by atoms with Crippen molar-refractivity contribution in [2.24, 2.45) is 10.7 Å². The minimum Gasteiger partial charge on any atom is -0.370 e. The van der Waals surface area contributed by atoms with E-state index >= 15 is 0 Å². The van der Waals surface area contributed by atoms with Gasteiger partial charge >= 0.3 is 0 Å². The van der Waals surface area contributed by atoms with Crippen molar-refractivity contribution in [3.8, 4) is 0 Å². The first-order valence-corrected chi connectivity index (χ1v) is 7.30. The fraction of sp³-hybridized carbons (Fsp3) is 0.929. The number of rotatable bonds is 1. The second-order valence-electron chi connectivity index (χ2n) is 5.82. The van der Waals surface area contributed by atoms with Gasteiger partial charge in [-0.05, 0) is 46.0 Å². The summed E-state index contributed by atoms with van der Waals surface area (Å²) in [7, 11) is 0. The van der Waals surface area contributed by atoms with E-state index in [4.69, 9.17) is 10.7 Å². The van der Waals surface area contributed by atoms with E-state index in [1.54, 1.807) is 0 Å². The highest BCUT2D eigenvalue weighted by atomic mass is 15.3. The molecule has 0 aromatic carbocycles. The number of nitrogens with zero attached hydrogens (tertiary/aromatic N) is 2. The average molecular weight is 237 g/mol. The monoisotopic (exact) mass is 237 g/mol. The fourth-order valence-electron chi connectivity index (χ4n) is 3.34. The molecule has 3 nitrogen and oxygen atoms in total. The van der Waals surface area contributed by atoms with Gasteiger partial charge < -0.3 is 10.6 Å². The summed E-state index contributed by atoms with van der Waals surface area (Å²) in [5.41, 5.74) is 6.24. The van der Waals surface area contributed by atoms with Crippen LogP contribution in [0, 0.1) is 0 Å². The molecule has 0 unspecified atom stereocenters. The van der Waals surface area contributed by atoms with Crippen LogP contribution in [0.15, 0.2) is 4.99 Å². The predicted molar refractivity (Wildman–Crippen MR) is 73.1 cm³/mol. The maximum Gasteiger partial charge on any atom is 0.192 e. The van der Waals surface area contributed by atoms with Gasteiger partial charge in [0.05, 0.1) is 6.04 Å². The third-order valence-corrected chi connectivity index (χ3v) is 4.35. The summed E-state index contributed by atoms with van der Waals surface area (Å²) in [5.74, 6) is 0.802. The highest BCUT2D eigenvalue weighted by molar-refractivity contribution is 5.79. The Kier molecular flexibility index (Phi) is 4.30. The van der Waals surface area contributed by atoms with Crippen LogP contribution in [0.5, 0.6) is 0 Å². The van der Waals surface area contributed by atoms with E-state index in [0.717, 1.165) is 5.96 Å². The zero-order chi connectivity index (χ0) is 12.3. The molecular weight excluding hydrogens is 210 g/mol. The van der Waals surface area contributed by atoms with Gasteiger partial charge in [0.1, 0.15) is 0 Å². The molecule has 0 spiro atoms. The van der Waals surface area contributed by atoms with E-state index in [1.165, 1.54) is 51.4 Å². The molecule has 3 heteroatoms. The van der Waals surface area contributed by atoms with Crippen LogP contribution in [0.4, 0.5) is 0 Å². The van der Waals surface area contributed by atoms with Crippen molar-refractivity contribution in [2.75, 3.05) is 0 Å². The largest absolute Gasteiger partial charge is 0.370 e. The van der Waals surface area contributed by atoms with Gasteiger partial charge in [-0.2, -0.15) is 0 Å². The molecule has 0 amide bonds. The van der Waals surface area contributed by atoms with Crippen LogP contribution in [-0.4, -0.2) is 29.0 Å². The number of likely N-dealkylation sites (tertiary alicyclic amines) is 1. The first kappa shape index (κ1) is 12.7. The molecule has 2 atom stereocenters. The van der Waals surface area contributed by atoms with E-state index in [-0.39, 0.29) is 0 Å². The van der Waals surface area contributed by atoms with Gasteiger partial charge in [-0.25, -0.2) is 4.99 Å². The zero-order valence-corrected chi connectivity index (χ0v) is 11.4. The lowest BCUT2D eigenvalue weighted by atomic mass is 9.96. The Morgan fingerprint density at radius 1 is 0.941 bits per heavy atom. The molecule has 0 radical (unpaired) electrons. The van der Waals surface area contributed by atoms with Gasteiger partial charge in [0.2, 0.25) is 0 Å². The van der Waals surface area contributed by atoms with E-state index < -0.39 is 0 Å². The van der Waals surface area contributed by atoms with Gasteiger partial charge in [-0.15, -0.1) is 0 Å². The Labute approximate surface area is 105 Å². The summed E-state index contributed by atoms with van der Waals surface area (Å²) < 4.78 is 0. The van der Waals surface area contributed by atoms with Crippen molar-refractivity contribution < 1.29 is 0 Å². The maximum absolute atomic E-state index is 6.24. The molecule has 0 bridgehead atoms. The van der Waals surface area contributed by atoms with Crippen molar-refractivity contribution in [1.29, 1.82) is 0 Å². The molecule has 2 aliphatic rings. The molecule has 2 N–H and O–H groups in total. The summed E-state index contributed by atoms with van der Waals surface area (Å²) in [6.45, 7) is 4.55. The van der Waals surface area contributed by atoms with Crippen LogP contribution in [0.3, 0.4) is 0 Å². The second-order valence-corrected chi connectivity index (χ2v) is 5.82. The Balaban J connectivity index is 2.00. The van der Waals surface area contributed by atoms with E-state index in [9.17, 15) is 0 Å². The summed E-state index contributed by atoms with van der Waals surface area (Å²) in [6.07, 6.45) is 10.3. The van der Waals surface area contributed by atoms with Crippen molar-refractivity contribution in [3.63, 3.8) is 0 Å². The summed E-state index contributed by atoms with van der Waals surface area (Å²) in [4.78, 5) is 7.13. The van der Waals surface area contributed by atoms with Gasteiger partial charge in [-0.3, -0.25) is 0 Å². The molecule has 1 saturated carbocycles. The van der Waals surface area contributed by atoms with Gasteiger partial charge in [0, 0.05) is 12.1 Å². The van der Waals surface area contributed by atoms with Crippen molar-refractivity contribution in [2.45, 2.75) is 83.3 Å².